The van der Waals surface area contributed by atoms with Crippen LogP contribution in [0.3, 0.4) is 0 Å². The van der Waals surface area contributed by atoms with Crippen LogP contribution in [-0.2, 0) is 25.4 Å². The zero-order valence-corrected chi connectivity index (χ0v) is 14.4. The molecule has 0 aromatic heterocycles. The molecule has 0 N–H and O–H groups in total. The summed E-state index contributed by atoms with van der Waals surface area (Å²) >= 11 is 0. The van der Waals surface area contributed by atoms with E-state index in [1.165, 1.54) is 0 Å². The lowest BCUT2D eigenvalue weighted by Gasteiger charge is -2.33. The Labute approximate surface area is 156 Å². The maximum absolute atomic E-state index is 12.2. The van der Waals surface area contributed by atoms with Crippen LogP contribution in [0.25, 0.3) is 0 Å². The monoisotopic (exact) mass is 356 g/mol. The summed E-state index contributed by atoms with van der Waals surface area (Å²) in [5.41, 5.74) is 2.20. The molecule has 4 nitrogen and oxygen atoms in total. The molecule has 4 atom stereocenters. The molecule has 3 aromatic rings. The van der Waals surface area contributed by atoms with Crippen molar-refractivity contribution in [3.05, 3.63) is 107 Å². The Bertz CT molecular complexity index is 966. The van der Waals surface area contributed by atoms with Crippen molar-refractivity contribution in [1.82, 2.24) is 0 Å². The molecule has 0 aliphatic carbocycles. The predicted molar refractivity (Wildman–Crippen MR) is 97.1 cm³/mol. The van der Waals surface area contributed by atoms with Gasteiger partial charge in [0.05, 0.1) is 0 Å². The zero-order valence-electron chi connectivity index (χ0n) is 14.4. The standard InChI is InChI=1S/C23H16O4/c24-21-25-19-20(26-21)23(16-11-5-2-6-12-16)18-14-8-7-13-17(18)22(19,27-23)15-9-3-1-4-10-15/h1-14,19-20H/t19-,20-,22-,23+/m0/s1. The fourth-order valence-corrected chi connectivity index (χ4v) is 5.00. The number of hydrogen-bond acceptors (Lipinski definition) is 4. The minimum atomic E-state index is -0.884. The number of hydrogen-bond donors (Lipinski definition) is 0. The zero-order chi connectivity index (χ0) is 18.1. The lowest BCUT2D eigenvalue weighted by molar-refractivity contribution is -0.0928. The molecular weight excluding hydrogens is 340 g/mol. The van der Waals surface area contributed by atoms with Crippen molar-refractivity contribution in [2.45, 2.75) is 23.4 Å². The van der Waals surface area contributed by atoms with Gasteiger partial charge in [0.2, 0.25) is 0 Å². The van der Waals surface area contributed by atoms with E-state index >= 15 is 0 Å². The summed E-state index contributed by atoms with van der Waals surface area (Å²) in [5, 5.41) is 0. The Morgan fingerprint density at radius 2 is 1.00 bits per heavy atom. The fourth-order valence-electron chi connectivity index (χ4n) is 5.00. The highest BCUT2D eigenvalue weighted by molar-refractivity contribution is 5.68. The molecule has 27 heavy (non-hydrogen) atoms. The smallest absolute Gasteiger partial charge is 0.423 e. The van der Waals surface area contributed by atoms with Crippen LogP contribution in [0, 0.1) is 0 Å². The van der Waals surface area contributed by atoms with E-state index < -0.39 is 29.6 Å². The summed E-state index contributed by atoms with van der Waals surface area (Å²) in [6, 6.07) is 28.0. The number of benzene rings is 3. The van der Waals surface area contributed by atoms with E-state index in [9.17, 15) is 4.79 Å². The van der Waals surface area contributed by atoms with Gasteiger partial charge in [0.25, 0.3) is 0 Å². The van der Waals surface area contributed by atoms with E-state index in [1.807, 2.05) is 72.8 Å². The Morgan fingerprint density at radius 3 is 1.44 bits per heavy atom. The second-order valence-corrected chi connectivity index (χ2v) is 7.18. The van der Waals surface area contributed by atoms with Crippen LogP contribution in [-0.4, -0.2) is 18.4 Å². The highest BCUT2D eigenvalue weighted by atomic mass is 16.8. The SMILES string of the molecule is O=C1O[C@H]2[C@H](O1)[C@@]1(c3ccccc3)O[C@]2(c2ccccc2)c2ccccc21. The topological polar surface area (TPSA) is 44.8 Å². The third-order valence-electron chi connectivity index (χ3n) is 5.98. The van der Waals surface area contributed by atoms with E-state index in [-0.39, 0.29) is 0 Å². The quantitative estimate of drug-likeness (QED) is 0.648. The van der Waals surface area contributed by atoms with Crippen LogP contribution in [0.15, 0.2) is 84.9 Å². The summed E-state index contributed by atoms with van der Waals surface area (Å²) in [7, 11) is 0. The van der Waals surface area contributed by atoms with Gasteiger partial charge in [-0.1, -0.05) is 84.9 Å². The van der Waals surface area contributed by atoms with E-state index in [4.69, 9.17) is 14.2 Å². The van der Waals surface area contributed by atoms with Crippen molar-refractivity contribution < 1.29 is 19.0 Å². The molecule has 0 unspecified atom stereocenters. The number of carbonyl (C=O) groups excluding carboxylic acids is 1. The van der Waals surface area contributed by atoms with Gasteiger partial charge in [-0.2, -0.15) is 0 Å². The summed E-state index contributed by atoms with van der Waals surface area (Å²) in [6.07, 6.45) is -1.72. The van der Waals surface area contributed by atoms with Gasteiger partial charge in [-0.05, 0) is 22.3 Å². The van der Waals surface area contributed by atoms with Crippen LogP contribution < -0.4 is 0 Å². The second kappa shape index (κ2) is 4.99. The van der Waals surface area contributed by atoms with Crippen LogP contribution in [0.4, 0.5) is 4.79 Å². The van der Waals surface area contributed by atoms with Crippen LogP contribution in [0.1, 0.15) is 22.3 Å². The van der Waals surface area contributed by atoms with Gasteiger partial charge in [0, 0.05) is 0 Å². The Hall–Kier alpha value is -3.11. The fraction of sp³-hybridized carbons (Fsp3) is 0.174. The predicted octanol–water partition coefficient (Wildman–Crippen LogP) is 4.12. The van der Waals surface area contributed by atoms with E-state index in [2.05, 4.69) is 12.1 Å². The maximum atomic E-state index is 12.2. The van der Waals surface area contributed by atoms with E-state index in [0.717, 1.165) is 22.3 Å². The van der Waals surface area contributed by atoms with Crippen molar-refractivity contribution in [2.24, 2.45) is 0 Å². The molecule has 6 rings (SSSR count). The van der Waals surface area contributed by atoms with Crippen LogP contribution in [0.5, 0.6) is 0 Å². The molecule has 4 heteroatoms. The van der Waals surface area contributed by atoms with Gasteiger partial charge in [-0.3, -0.25) is 0 Å². The average molecular weight is 356 g/mol. The van der Waals surface area contributed by atoms with Gasteiger partial charge in [-0.15, -0.1) is 0 Å². The molecule has 2 fully saturated rings. The second-order valence-electron chi connectivity index (χ2n) is 7.18. The summed E-state index contributed by atoms with van der Waals surface area (Å²) in [6.45, 7) is 0. The summed E-state index contributed by atoms with van der Waals surface area (Å²) in [4.78, 5) is 12.2. The first-order chi connectivity index (χ1) is 13.3. The molecule has 132 valence electrons. The normalized spacial score (nSPS) is 32.5. The molecule has 0 saturated carbocycles. The van der Waals surface area contributed by atoms with Crippen molar-refractivity contribution in [3.63, 3.8) is 0 Å². The lowest BCUT2D eigenvalue weighted by atomic mass is 9.68. The first kappa shape index (κ1) is 15.0. The minimum Gasteiger partial charge on any atom is -0.423 e. The average Bonchev–Trinajstić information content (AvgIpc) is 3.35. The van der Waals surface area contributed by atoms with Gasteiger partial charge in [0.15, 0.2) is 23.4 Å². The molecule has 3 aromatic carbocycles. The molecule has 3 heterocycles. The molecule has 2 bridgehead atoms. The first-order valence-electron chi connectivity index (χ1n) is 9.05. The Morgan fingerprint density at radius 1 is 0.593 bits per heavy atom. The number of fused-ring (bicyclic) bond motifs is 8. The first-order valence-corrected chi connectivity index (χ1v) is 9.05. The molecule has 0 amide bonds. The lowest BCUT2D eigenvalue weighted by Crippen LogP contribution is -2.46. The summed E-state index contributed by atoms with van der Waals surface area (Å²) in [5.74, 6) is 0. The number of ether oxygens (including phenoxy) is 3. The Kier molecular flexibility index (Phi) is 2.77. The molecular formula is C23H16O4. The van der Waals surface area contributed by atoms with Crippen LogP contribution >= 0.6 is 0 Å². The van der Waals surface area contributed by atoms with Gasteiger partial charge >= 0.3 is 6.16 Å². The Balaban J connectivity index is 1.71. The van der Waals surface area contributed by atoms with Crippen molar-refractivity contribution in [1.29, 1.82) is 0 Å². The molecule has 2 saturated heterocycles. The van der Waals surface area contributed by atoms with Gasteiger partial charge < -0.3 is 14.2 Å². The highest BCUT2D eigenvalue weighted by Crippen LogP contribution is 2.66. The van der Waals surface area contributed by atoms with Gasteiger partial charge in [0.1, 0.15) is 0 Å². The van der Waals surface area contributed by atoms with E-state index in [1.54, 1.807) is 0 Å². The molecule has 0 spiro atoms. The number of carbonyl (C=O) groups is 1. The van der Waals surface area contributed by atoms with Crippen molar-refractivity contribution in [2.75, 3.05) is 0 Å². The third kappa shape index (κ3) is 1.65. The molecule has 0 radical (unpaired) electrons. The van der Waals surface area contributed by atoms with E-state index in [0.29, 0.717) is 0 Å². The van der Waals surface area contributed by atoms with Gasteiger partial charge in [-0.25, -0.2) is 4.79 Å². The highest BCUT2D eigenvalue weighted by Gasteiger charge is 2.76. The van der Waals surface area contributed by atoms with Crippen molar-refractivity contribution >= 4 is 6.16 Å². The number of rotatable bonds is 2. The molecule has 3 aliphatic heterocycles. The maximum Gasteiger partial charge on any atom is 0.509 e. The van der Waals surface area contributed by atoms with Crippen LogP contribution in [0.2, 0.25) is 0 Å². The van der Waals surface area contributed by atoms with Crippen molar-refractivity contribution in [3.8, 4) is 0 Å². The largest absolute Gasteiger partial charge is 0.509 e. The summed E-state index contributed by atoms with van der Waals surface area (Å²) < 4.78 is 18.3. The molecule has 3 aliphatic rings. The minimum absolute atomic E-state index is 0.539. The third-order valence-corrected chi connectivity index (χ3v) is 5.98.